The summed E-state index contributed by atoms with van der Waals surface area (Å²) in [6.07, 6.45) is 5.05. The van der Waals surface area contributed by atoms with Gasteiger partial charge in [0.25, 0.3) is 0 Å². The summed E-state index contributed by atoms with van der Waals surface area (Å²) in [4.78, 5) is 0. The first-order valence-corrected chi connectivity index (χ1v) is 7.21. The summed E-state index contributed by atoms with van der Waals surface area (Å²) in [5.41, 5.74) is 6.06. The summed E-state index contributed by atoms with van der Waals surface area (Å²) < 4.78 is 15.9. The Labute approximate surface area is 116 Å². The van der Waals surface area contributed by atoms with Crippen molar-refractivity contribution in [3.63, 3.8) is 0 Å². The molecule has 0 radical (unpaired) electrons. The summed E-state index contributed by atoms with van der Waals surface area (Å²) in [6, 6.07) is 0. The highest BCUT2D eigenvalue weighted by Crippen LogP contribution is 2.25. The number of methoxy groups -OCH3 is 1. The Morgan fingerprint density at radius 1 is 1.16 bits per heavy atom. The van der Waals surface area contributed by atoms with Gasteiger partial charge in [0.1, 0.15) is 6.10 Å². The molecule has 5 heteroatoms. The maximum Gasteiger partial charge on any atom is 0.101 e. The molecule has 0 aromatic carbocycles. The summed E-state index contributed by atoms with van der Waals surface area (Å²) in [5, 5.41) is 9.75. The first kappa shape index (κ1) is 16.9. The van der Waals surface area contributed by atoms with Crippen LogP contribution in [0.25, 0.3) is 0 Å². The first-order chi connectivity index (χ1) is 9.06. The van der Waals surface area contributed by atoms with Gasteiger partial charge >= 0.3 is 0 Å². The fourth-order valence-corrected chi connectivity index (χ4v) is 2.40. The third kappa shape index (κ3) is 7.22. The summed E-state index contributed by atoms with van der Waals surface area (Å²) in [6.45, 7) is 3.51. The van der Waals surface area contributed by atoms with E-state index in [-0.39, 0.29) is 24.9 Å². The molecule has 0 amide bonds. The predicted octanol–water partition coefficient (Wildman–Crippen LogP) is 1.08. The zero-order valence-electron chi connectivity index (χ0n) is 12.3. The Hall–Kier alpha value is -0.200. The SMILES string of the molecule is COCC(C)OCC(O)COCC1(N)CCCCC1. The van der Waals surface area contributed by atoms with Gasteiger partial charge in [0.05, 0.1) is 32.5 Å². The molecule has 114 valence electrons. The van der Waals surface area contributed by atoms with Crippen molar-refractivity contribution >= 4 is 0 Å². The number of aliphatic hydroxyl groups is 1. The zero-order valence-corrected chi connectivity index (χ0v) is 12.3. The van der Waals surface area contributed by atoms with E-state index in [1.54, 1.807) is 7.11 Å². The molecule has 0 aliphatic heterocycles. The van der Waals surface area contributed by atoms with Crippen LogP contribution in [0.2, 0.25) is 0 Å². The van der Waals surface area contributed by atoms with Crippen molar-refractivity contribution in [3.8, 4) is 0 Å². The van der Waals surface area contributed by atoms with E-state index in [0.717, 1.165) is 12.8 Å². The number of aliphatic hydroxyl groups excluding tert-OH is 1. The largest absolute Gasteiger partial charge is 0.388 e. The molecule has 0 spiro atoms. The number of hydrogen-bond donors (Lipinski definition) is 2. The van der Waals surface area contributed by atoms with Crippen LogP contribution in [0.3, 0.4) is 0 Å². The van der Waals surface area contributed by atoms with E-state index in [2.05, 4.69) is 0 Å². The lowest BCUT2D eigenvalue weighted by Crippen LogP contribution is -2.46. The molecule has 1 aliphatic rings. The molecule has 1 aliphatic carbocycles. The third-order valence-corrected chi connectivity index (χ3v) is 3.52. The minimum absolute atomic E-state index is 0.0150. The second-order valence-corrected chi connectivity index (χ2v) is 5.69. The molecule has 2 atom stereocenters. The molecule has 1 saturated carbocycles. The van der Waals surface area contributed by atoms with E-state index >= 15 is 0 Å². The second-order valence-electron chi connectivity index (χ2n) is 5.69. The van der Waals surface area contributed by atoms with Gasteiger partial charge in [-0.1, -0.05) is 19.3 Å². The smallest absolute Gasteiger partial charge is 0.101 e. The normalized spacial score (nSPS) is 22.1. The van der Waals surface area contributed by atoms with Gasteiger partial charge in [-0.05, 0) is 19.8 Å². The lowest BCUT2D eigenvalue weighted by molar-refractivity contribution is -0.0629. The Bertz CT molecular complexity index is 231. The molecule has 2 unspecified atom stereocenters. The average molecular weight is 275 g/mol. The lowest BCUT2D eigenvalue weighted by atomic mass is 9.83. The molecule has 1 rings (SSSR count). The Kier molecular flexibility index (Phi) is 7.87. The molecular weight excluding hydrogens is 246 g/mol. The van der Waals surface area contributed by atoms with Crippen molar-refractivity contribution in [1.29, 1.82) is 0 Å². The fraction of sp³-hybridized carbons (Fsp3) is 1.00. The summed E-state index contributed by atoms with van der Waals surface area (Å²) in [7, 11) is 1.63. The van der Waals surface area contributed by atoms with Gasteiger partial charge in [0, 0.05) is 12.6 Å². The van der Waals surface area contributed by atoms with Crippen molar-refractivity contribution in [2.24, 2.45) is 5.73 Å². The minimum Gasteiger partial charge on any atom is -0.388 e. The molecule has 1 fully saturated rings. The highest BCUT2D eigenvalue weighted by molar-refractivity contribution is 4.87. The van der Waals surface area contributed by atoms with E-state index < -0.39 is 6.10 Å². The predicted molar refractivity (Wildman–Crippen MR) is 74.1 cm³/mol. The second kappa shape index (κ2) is 8.87. The number of hydrogen-bond acceptors (Lipinski definition) is 5. The highest BCUT2D eigenvalue weighted by Gasteiger charge is 2.27. The van der Waals surface area contributed by atoms with Crippen LogP contribution in [0, 0.1) is 0 Å². The maximum absolute atomic E-state index is 9.75. The zero-order chi connectivity index (χ0) is 14.1. The van der Waals surface area contributed by atoms with Gasteiger partial charge < -0.3 is 25.1 Å². The van der Waals surface area contributed by atoms with E-state index in [1.165, 1.54) is 19.3 Å². The molecule has 5 nitrogen and oxygen atoms in total. The molecule has 3 N–H and O–H groups in total. The van der Waals surface area contributed by atoms with Gasteiger partial charge in [-0.25, -0.2) is 0 Å². The first-order valence-electron chi connectivity index (χ1n) is 7.21. The third-order valence-electron chi connectivity index (χ3n) is 3.52. The number of rotatable bonds is 9. The van der Waals surface area contributed by atoms with Gasteiger partial charge in [-0.2, -0.15) is 0 Å². The molecule has 0 heterocycles. The average Bonchev–Trinajstić information content (AvgIpc) is 2.37. The summed E-state index contributed by atoms with van der Waals surface area (Å²) >= 11 is 0. The minimum atomic E-state index is -0.605. The van der Waals surface area contributed by atoms with E-state index in [1.807, 2.05) is 6.92 Å². The van der Waals surface area contributed by atoms with Crippen molar-refractivity contribution < 1.29 is 19.3 Å². The molecule has 0 saturated heterocycles. The lowest BCUT2D eigenvalue weighted by Gasteiger charge is -2.33. The number of ether oxygens (including phenoxy) is 3. The van der Waals surface area contributed by atoms with Gasteiger partial charge in [-0.3, -0.25) is 0 Å². The molecule has 0 bridgehead atoms. The monoisotopic (exact) mass is 275 g/mol. The highest BCUT2D eigenvalue weighted by atomic mass is 16.5. The van der Waals surface area contributed by atoms with E-state index in [0.29, 0.717) is 13.2 Å². The maximum atomic E-state index is 9.75. The van der Waals surface area contributed by atoms with Crippen LogP contribution in [0.4, 0.5) is 0 Å². The Morgan fingerprint density at radius 3 is 2.47 bits per heavy atom. The topological polar surface area (TPSA) is 73.9 Å². The summed E-state index contributed by atoms with van der Waals surface area (Å²) in [5.74, 6) is 0. The molecular formula is C14H29NO4. The van der Waals surface area contributed by atoms with Crippen LogP contribution in [0.1, 0.15) is 39.0 Å². The van der Waals surface area contributed by atoms with Crippen LogP contribution in [0.5, 0.6) is 0 Å². The van der Waals surface area contributed by atoms with Gasteiger partial charge in [0.15, 0.2) is 0 Å². The Morgan fingerprint density at radius 2 is 1.84 bits per heavy atom. The van der Waals surface area contributed by atoms with Crippen molar-refractivity contribution in [3.05, 3.63) is 0 Å². The van der Waals surface area contributed by atoms with E-state index in [4.69, 9.17) is 19.9 Å². The standard InChI is InChI=1S/C14H29NO4/c1-12(8-17-2)19-10-13(16)9-18-11-14(15)6-4-3-5-7-14/h12-13,16H,3-11,15H2,1-2H3. The van der Waals surface area contributed by atoms with E-state index in [9.17, 15) is 5.11 Å². The Balaban J connectivity index is 2.07. The quantitative estimate of drug-likeness (QED) is 0.658. The van der Waals surface area contributed by atoms with Crippen LogP contribution >= 0.6 is 0 Å². The van der Waals surface area contributed by atoms with Crippen LogP contribution in [-0.2, 0) is 14.2 Å². The van der Waals surface area contributed by atoms with Crippen molar-refractivity contribution in [2.45, 2.75) is 56.8 Å². The molecule has 0 aromatic heterocycles. The van der Waals surface area contributed by atoms with Crippen LogP contribution < -0.4 is 5.73 Å². The van der Waals surface area contributed by atoms with Crippen molar-refractivity contribution in [2.75, 3.05) is 33.5 Å². The van der Waals surface area contributed by atoms with Crippen molar-refractivity contribution in [1.82, 2.24) is 0 Å². The van der Waals surface area contributed by atoms with Crippen LogP contribution in [0.15, 0.2) is 0 Å². The van der Waals surface area contributed by atoms with Crippen LogP contribution in [-0.4, -0.2) is 56.4 Å². The van der Waals surface area contributed by atoms with Gasteiger partial charge in [-0.15, -0.1) is 0 Å². The molecule has 0 aromatic rings. The molecule has 19 heavy (non-hydrogen) atoms. The number of nitrogens with two attached hydrogens (primary N) is 1. The fourth-order valence-electron chi connectivity index (χ4n) is 2.40. The van der Waals surface area contributed by atoms with Gasteiger partial charge in [0.2, 0.25) is 0 Å².